The SMILES string of the molecule is Cc1ccccc1CN1CCCCC1CNC1CC1. The number of hydrogen-bond donors (Lipinski definition) is 1. The summed E-state index contributed by atoms with van der Waals surface area (Å²) in [7, 11) is 0. The molecule has 1 heterocycles. The van der Waals surface area contributed by atoms with Crippen LogP contribution in [-0.2, 0) is 6.54 Å². The van der Waals surface area contributed by atoms with Crippen molar-refractivity contribution in [3.63, 3.8) is 0 Å². The highest BCUT2D eigenvalue weighted by molar-refractivity contribution is 5.25. The van der Waals surface area contributed by atoms with Gasteiger partial charge in [-0.1, -0.05) is 30.7 Å². The van der Waals surface area contributed by atoms with Gasteiger partial charge in [0.25, 0.3) is 0 Å². The van der Waals surface area contributed by atoms with Crippen LogP contribution in [0.25, 0.3) is 0 Å². The predicted octanol–water partition coefficient (Wildman–Crippen LogP) is 3.10. The largest absolute Gasteiger partial charge is 0.312 e. The van der Waals surface area contributed by atoms with Crippen molar-refractivity contribution in [1.29, 1.82) is 0 Å². The van der Waals surface area contributed by atoms with Crippen molar-refractivity contribution in [3.8, 4) is 0 Å². The van der Waals surface area contributed by atoms with Crippen molar-refractivity contribution in [3.05, 3.63) is 35.4 Å². The maximum absolute atomic E-state index is 3.72. The molecule has 1 unspecified atom stereocenters. The molecule has 3 rings (SSSR count). The molecular weight excluding hydrogens is 232 g/mol. The third kappa shape index (κ3) is 3.58. The lowest BCUT2D eigenvalue weighted by molar-refractivity contribution is 0.137. The second-order valence-corrected chi connectivity index (χ2v) is 6.23. The summed E-state index contributed by atoms with van der Waals surface area (Å²) < 4.78 is 0. The number of nitrogens with zero attached hydrogens (tertiary/aromatic N) is 1. The van der Waals surface area contributed by atoms with E-state index in [0.29, 0.717) is 0 Å². The third-order valence-corrected chi connectivity index (χ3v) is 4.60. The van der Waals surface area contributed by atoms with E-state index >= 15 is 0 Å². The Morgan fingerprint density at radius 3 is 2.79 bits per heavy atom. The average molecular weight is 258 g/mol. The lowest BCUT2D eigenvalue weighted by Crippen LogP contribution is -2.45. The number of likely N-dealkylation sites (tertiary alicyclic amines) is 1. The topological polar surface area (TPSA) is 15.3 Å². The van der Waals surface area contributed by atoms with Crippen LogP contribution in [0.2, 0.25) is 0 Å². The first kappa shape index (κ1) is 13.1. The molecule has 2 aliphatic rings. The first-order chi connectivity index (χ1) is 9.33. The Labute approximate surface area is 117 Å². The van der Waals surface area contributed by atoms with Crippen molar-refractivity contribution in [2.24, 2.45) is 0 Å². The number of piperidine rings is 1. The molecule has 104 valence electrons. The summed E-state index contributed by atoms with van der Waals surface area (Å²) in [6, 6.07) is 10.4. The molecule has 0 spiro atoms. The van der Waals surface area contributed by atoms with Crippen LogP contribution in [0.1, 0.15) is 43.2 Å². The Bertz CT molecular complexity index is 411. The molecule has 1 N–H and O–H groups in total. The van der Waals surface area contributed by atoms with E-state index < -0.39 is 0 Å². The number of nitrogens with one attached hydrogen (secondary N) is 1. The van der Waals surface area contributed by atoms with Crippen molar-refractivity contribution in [2.75, 3.05) is 13.1 Å². The van der Waals surface area contributed by atoms with Gasteiger partial charge in [-0.2, -0.15) is 0 Å². The molecule has 0 aromatic heterocycles. The molecule has 0 radical (unpaired) electrons. The van der Waals surface area contributed by atoms with E-state index in [4.69, 9.17) is 0 Å². The van der Waals surface area contributed by atoms with E-state index in [2.05, 4.69) is 41.4 Å². The molecule has 0 amide bonds. The fraction of sp³-hybridized carbons (Fsp3) is 0.647. The van der Waals surface area contributed by atoms with Crippen LogP contribution in [-0.4, -0.2) is 30.1 Å². The van der Waals surface area contributed by atoms with E-state index in [1.807, 2.05) is 0 Å². The van der Waals surface area contributed by atoms with Gasteiger partial charge in [0.1, 0.15) is 0 Å². The van der Waals surface area contributed by atoms with Crippen LogP contribution in [0.5, 0.6) is 0 Å². The van der Waals surface area contributed by atoms with Crippen molar-refractivity contribution < 1.29 is 0 Å². The molecule has 1 saturated carbocycles. The predicted molar refractivity (Wildman–Crippen MR) is 80.3 cm³/mol. The molecule has 1 aromatic rings. The van der Waals surface area contributed by atoms with Crippen LogP contribution in [0.4, 0.5) is 0 Å². The number of rotatable bonds is 5. The van der Waals surface area contributed by atoms with Gasteiger partial charge in [-0.25, -0.2) is 0 Å². The first-order valence-corrected chi connectivity index (χ1v) is 7.85. The Morgan fingerprint density at radius 1 is 1.16 bits per heavy atom. The highest BCUT2D eigenvalue weighted by Gasteiger charge is 2.26. The lowest BCUT2D eigenvalue weighted by Gasteiger charge is -2.36. The molecule has 2 nitrogen and oxygen atoms in total. The van der Waals surface area contributed by atoms with Crippen LogP contribution < -0.4 is 5.32 Å². The quantitative estimate of drug-likeness (QED) is 0.873. The minimum atomic E-state index is 0.744. The first-order valence-electron chi connectivity index (χ1n) is 7.85. The van der Waals surface area contributed by atoms with Gasteiger partial charge in [0.2, 0.25) is 0 Å². The maximum atomic E-state index is 3.72. The standard InChI is InChI=1S/C17H26N2/c1-14-6-2-3-7-15(14)13-19-11-5-4-8-17(19)12-18-16-9-10-16/h2-3,6-7,16-18H,4-5,8-13H2,1H3. The second-order valence-electron chi connectivity index (χ2n) is 6.23. The Hall–Kier alpha value is -0.860. The van der Waals surface area contributed by atoms with Crippen LogP contribution in [0, 0.1) is 6.92 Å². The van der Waals surface area contributed by atoms with Crippen molar-refractivity contribution in [2.45, 2.75) is 57.7 Å². The molecule has 1 aliphatic heterocycles. The summed E-state index contributed by atoms with van der Waals surface area (Å²) in [6.45, 7) is 5.82. The van der Waals surface area contributed by atoms with Crippen LogP contribution in [0.3, 0.4) is 0 Å². The summed E-state index contributed by atoms with van der Waals surface area (Å²) in [5.41, 5.74) is 2.93. The molecule has 19 heavy (non-hydrogen) atoms. The minimum absolute atomic E-state index is 0.744. The molecule has 0 bridgehead atoms. The van der Waals surface area contributed by atoms with E-state index in [1.165, 1.54) is 56.3 Å². The van der Waals surface area contributed by atoms with Gasteiger partial charge >= 0.3 is 0 Å². The molecular formula is C17H26N2. The van der Waals surface area contributed by atoms with Gasteiger partial charge < -0.3 is 5.32 Å². The van der Waals surface area contributed by atoms with Gasteiger partial charge in [-0.3, -0.25) is 4.90 Å². The summed E-state index contributed by atoms with van der Waals surface area (Å²) in [5.74, 6) is 0. The average Bonchev–Trinajstić information content (AvgIpc) is 3.24. The molecule has 1 saturated heterocycles. The van der Waals surface area contributed by atoms with Crippen molar-refractivity contribution >= 4 is 0 Å². The number of benzene rings is 1. The summed E-state index contributed by atoms with van der Waals surface area (Å²) >= 11 is 0. The van der Waals surface area contributed by atoms with E-state index in [0.717, 1.165) is 18.6 Å². The fourth-order valence-corrected chi connectivity index (χ4v) is 3.10. The van der Waals surface area contributed by atoms with E-state index in [-0.39, 0.29) is 0 Å². The fourth-order valence-electron chi connectivity index (χ4n) is 3.10. The van der Waals surface area contributed by atoms with E-state index in [1.54, 1.807) is 0 Å². The van der Waals surface area contributed by atoms with Crippen LogP contribution >= 0.6 is 0 Å². The zero-order valence-corrected chi connectivity index (χ0v) is 12.1. The van der Waals surface area contributed by atoms with Gasteiger partial charge in [0.15, 0.2) is 0 Å². The van der Waals surface area contributed by atoms with E-state index in [9.17, 15) is 0 Å². The molecule has 1 aromatic carbocycles. The Balaban J connectivity index is 1.60. The monoisotopic (exact) mass is 258 g/mol. The maximum Gasteiger partial charge on any atom is 0.0239 e. The lowest BCUT2D eigenvalue weighted by atomic mass is 10.00. The summed E-state index contributed by atoms with van der Waals surface area (Å²) in [6.07, 6.45) is 6.92. The summed E-state index contributed by atoms with van der Waals surface area (Å²) in [5, 5.41) is 3.72. The van der Waals surface area contributed by atoms with Gasteiger partial charge in [-0.05, 0) is 50.3 Å². The Morgan fingerprint density at radius 2 is 2.00 bits per heavy atom. The normalized spacial score (nSPS) is 24.6. The molecule has 2 fully saturated rings. The number of aryl methyl sites for hydroxylation is 1. The highest BCUT2D eigenvalue weighted by Crippen LogP contribution is 2.23. The number of hydrogen-bond acceptors (Lipinski definition) is 2. The van der Waals surface area contributed by atoms with Gasteiger partial charge in [0.05, 0.1) is 0 Å². The zero-order valence-electron chi connectivity index (χ0n) is 12.1. The third-order valence-electron chi connectivity index (χ3n) is 4.60. The second kappa shape index (κ2) is 6.06. The Kier molecular flexibility index (Phi) is 4.19. The van der Waals surface area contributed by atoms with Gasteiger partial charge in [-0.15, -0.1) is 0 Å². The zero-order chi connectivity index (χ0) is 13.1. The highest BCUT2D eigenvalue weighted by atomic mass is 15.2. The van der Waals surface area contributed by atoms with Crippen molar-refractivity contribution in [1.82, 2.24) is 10.2 Å². The smallest absolute Gasteiger partial charge is 0.0239 e. The molecule has 1 aliphatic carbocycles. The van der Waals surface area contributed by atoms with Gasteiger partial charge in [0, 0.05) is 25.2 Å². The minimum Gasteiger partial charge on any atom is -0.312 e. The summed E-state index contributed by atoms with van der Waals surface area (Å²) in [4.78, 5) is 2.70. The van der Waals surface area contributed by atoms with Crippen LogP contribution in [0.15, 0.2) is 24.3 Å². The molecule has 1 atom stereocenters. The molecule has 2 heteroatoms.